The molecule has 0 spiro atoms. The molecule has 0 radical (unpaired) electrons. The fourth-order valence-corrected chi connectivity index (χ4v) is 4.45. The Balaban J connectivity index is 5.86. The van der Waals surface area contributed by atoms with Gasteiger partial charge in [0.15, 0.2) is 0 Å². The number of carbonyl (C=O) groups excluding carboxylic acids is 4. The smallest absolute Gasteiger partial charge is 0.333 e. The van der Waals surface area contributed by atoms with Crippen molar-refractivity contribution in [1.29, 1.82) is 0 Å². The normalized spacial score (nSPS) is 16.0. The molecule has 2 N–H and O–H groups in total. The predicted molar refractivity (Wildman–Crippen MR) is 172 cm³/mol. The predicted octanol–water partition coefficient (Wildman–Crippen LogP) is 4.27. The van der Waals surface area contributed by atoms with Crippen LogP contribution in [0.4, 0.5) is 0 Å². The van der Waals surface area contributed by atoms with Crippen molar-refractivity contribution in [2.45, 2.75) is 99.5 Å². The number of esters is 4. The number of aliphatic hydroxyl groups excluding tert-OH is 1. The van der Waals surface area contributed by atoms with Gasteiger partial charge in [0.2, 0.25) is 0 Å². The maximum atomic E-state index is 13.6. The van der Waals surface area contributed by atoms with Crippen LogP contribution in [0.5, 0.6) is 0 Å². The number of hydrogen-bond acceptors (Lipinski definition) is 12. The van der Waals surface area contributed by atoms with E-state index in [0.717, 1.165) is 0 Å². The van der Waals surface area contributed by atoms with Gasteiger partial charge < -0.3 is 38.6 Å². The molecule has 272 valence electrons. The number of aliphatic hydroxyl groups is 1. The van der Waals surface area contributed by atoms with E-state index in [-0.39, 0.29) is 57.3 Å². The van der Waals surface area contributed by atoms with Crippen molar-refractivity contribution in [2.24, 2.45) is 21.7 Å². The molecule has 13 nitrogen and oxygen atoms in total. The number of carbonyl (C=O) groups is 5. The van der Waals surface area contributed by atoms with Gasteiger partial charge in [-0.15, -0.1) is 0 Å². The van der Waals surface area contributed by atoms with Gasteiger partial charge in [-0.2, -0.15) is 0 Å². The molecule has 0 saturated heterocycles. The van der Waals surface area contributed by atoms with E-state index in [4.69, 9.17) is 28.4 Å². The van der Waals surface area contributed by atoms with Crippen molar-refractivity contribution < 1.29 is 62.6 Å². The Bertz CT molecular complexity index is 1050. The van der Waals surface area contributed by atoms with Gasteiger partial charge in [-0.1, -0.05) is 13.5 Å². The van der Waals surface area contributed by atoms with E-state index < -0.39 is 70.8 Å². The van der Waals surface area contributed by atoms with Crippen molar-refractivity contribution >= 4 is 29.8 Å². The lowest BCUT2D eigenvalue weighted by molar-refractivity contribution is -0.165. The molecule has 0 bridgehead atoms. The van der Waals surface area contributed by atoms with E-state index in [9.17, 15) is 34.2 Å². The van der Waals surface area contributed by atoms with Crippen LogP contribution in [0.15, 0.2) is 12.2 Å². The molecule has 0 aliphatic rings. The third-order valence-corrected chi connectivity index (χ3v) is 8.83. The Morgan fingerprint density at radius 2 is 1.19 bits per heavy atom. The summed E-state index contributed by atoms with van der Waals surface area (Å²) in [6.07, 6.45) is -0.0177. The van der Waals surface area contributed by atoms with Gasteiger partial charge in [0.1, 0.15) is 25.9 Å². The molecule has 0 amide bonds. The summed E-state index contributed by atoms with van der Waals surface area (Å²) in [5.41, 5.74) is -4.32. The second kappa shape index (κ2) is 20.4. The molecule has 0 aromatic carbocycles. The molecule has 47 heavy (non-hydrogen) atoms. The molecule has 0 aliphatic heterocycles. The van der Waals surface area contributed by atoms with Crippen LogP contribution < -0.4 is 0 Å². The highest BCUT2D eigenvalue weighted by atomic mass is 16.6. The lowest BCUT2D eigenvalue weighted by atomic mass is 9.69. The molecular weight excluding hydrogens is 616 g/mol. The molecule has 4 atom stereocenters. The van der Waals surface area contributed by atoms with Crippen LogP contribution in [0.1, 0.15) is 93.4 Å². The largest absolute Gasteiger partial charge is 0.481 e. The van der Waals surface area contributed by atoms with E-state index in [2.05, 4.69) is 6.58 Å². The molecule has 0 aliphatic carbocycles. The quantitative estimate of drug-likeness (QED) is 0.0607. The number of hydrogen-bond donors (Lipinski definition) is 2. The van der Waals surface area contributed by atoms with Crippen LogP contribution in [-0.4, -0.2) is 100 Å². The third-order valence-electron chi connectivity index (χ3n) is 8.83. The molecular formula is C34H58O13. The fourth-order valence-electron chi connectivity index (χ4n) is 4.45. The average Bonchev–Trinajstić information content (AvgIpc) is 3.03. The number of rotatable bonds is 25. The summed E-state index contributed by atoms with van der Waals surface area (Å²) in [7, 11) is 2.84. The molecule has 0 rings (SSSR count). The van der Waals surface area contributed by atoms with E-state index >= 15 is 0 Å². The summed E-state index contributed by atoms with van der Waals surface area (Å²) >= 11 is 0. The molecule has 13 heteroatoms. The second-order valence-electron chi connectivity index (χ2n) is 13.6. The van der Waals surface area contributed by atoms with Crippen molar-refractivity contribution in [3.8, 4) is 0 Å². The number of ether oxygens (including phenoxy) is 6. The van der Waals surface area contributed by atoms with Gasteiger partial charge in [0.25, 0.3) is 0 Å². The van der Waals surface area contributed by atoms with Gasteiger partial charge in [0, 0.05) is 12.7 Å². The summed E-state index contributed by atoms with van der Waals surface area (Å²) in [5.74, 6) is -3.41. The Labute approximate surface area is 279 Å². The van der Waals surface area contributed by atoms with Crippen molar-refractivity contribution in [3.63, 3.8) is 0 Å². The number of carboxylic acids is 1. The van der Waals surface area contributed by atoms with Crippen LogP contribution in [0, 0.1) is 21.7 Å². The molecule has 0 fully saturated rings. The lowest BCUT2D eigenvalue weighted by Crippen LogP contribution is -2.39. The molecule has 0 aromatic heterocycles. The second-order valence-corrected chi connectivity index (χ2v) is 13.6. The van der Waals surface area contributed by atoms with E-state index in [0.29, 0.717) is 19.6 Å². The van der Waals surface area contributed by atoms with Crippen LogP contribution in [-0.2, 0) is 52.4 Å². The van der Waals surface area contributed by atoms with Crippen LogP contribution >= 0.6 is 0 Å². The van der Waals surface area contributed by atoms with Crippen molar-refractivity contribution in [2.75, 3.05) is 53.9 Å². The summed E-state index contributed by atoms with van der Waals surface area (Å²) in [5, 5.41) is 20.5. The van der Waals surface area contributed by atoms with E-state index in [1.54, 1.807) is 41.7 Å². The third kappa shape index (κ3) is 15.2. The first-order valence-electron chi connectivity index (χ1n) is 16.0. The summed E-state index contributed by atoms with van der Waals surface area (Å²) in [6.45, 7) is 15.2. The maximum absolute atomic E-state index is 13.6. The summed E-state index contributed by atoms with van der Waals surface area (Å²) in [4.78, 5) is 63.1. The van der Waals surface area contributed by atoms with Gasteiger partial charge in [-0.05, 0) is 86.5 Å². The number of aliphatic carboxylic acids is 1. The zero-order valence-electron chi connectivity index (χ0n) is 29.9. The molecule has 0 aromatic rings. The minimum Gasteiger partial charge on any atom is -0.481 e. The Morgan fingerprint density at radius 3 is 1.70 bits per heavy atom. The highest BCUT2D eigenvalue weighted by Crippen LogP contribution is 2.43. The monoisotopic (exact) mass is 674 g/mol. The Morgan fingerprint density at radius 1 is 0.681 bits per heavy atom. The van der Waals surface area contributed by atoms with Crippen molar-refractivity contribution in [3.05, 3.63) is 12.2 Å². The SMILES string of the molecule is C=C(C)C(=O)OCC(O)COC(=O)C(C)(CCC(C)(C)C(=O)OCCOCCOC)CCC(C)(CCC(C)(CC)C(=O)OC)C(=O)O. The Hall–Kier alpha value is -3.03. The first-order valence-corrected chi connectivity index (χ1v) is 16.0. The first kappa shape index (κ1) is 44.0. The average molecular weight is 675 g/mol. The van der Waals surface area contributed by atoms with Crippen molar-refractivity contribution in [1.82, 2.24) is 0 Å². The highest BCUT2D eigenvalue weighted by Gasteiger charge is 2.44. The van der Waals surface area contributed by atoms with E-state index in [1.807, 2.05) is 6.92 Å². The van der Waals surface area contributed by atoms with Crippen LogP contribution in [0.2, 0.25) is 0 Å². The topological polar surface area (TPSA) is 181 Å². The van der Waals surface area contributed by atoms with Crippen LogP contribution in [0.3, 0.4) is 0 Å². The van der Waals surface area contributed by atoms with Gasteiger partial charge >= 0.3 is 29.8 Å². The standard InChI is InChI=1S/C34H58O13/c1-11-32(6,29(40)43-10)14-15-33(7,27(37)38)16-17-34(8,30(41)47-23-25(35)22-46-26(36)24(2)3)13-12-31(4,5)28(39)45-21-20-44-19-18-42-9/h25,35H,2,11-23H2,1,3-10H3,(H,37,38). The van der Waals surface area contributed by atoms with Gasteiger partial charge in [-0.3, -0.25) is 19.2 Å². The molecule has 0 saturated carbocycles. The van der Waals surface area contributed by atoms with E-state index in [1.165, 1.54) is 14.0 Å². The zero-order chi connectivity index (χ0) is 36.5. The maximum Gasteiger partial charge on any atom is 0.333 e. The molecule has 0 heterocycles. The number of carboxylic acid groups (broad SMARTS) is 1. The summed E-state index contributed by atoms with van der Waals surface area (Å²) in [6, 6.07) is 0. The summed E-state index contributed by atoms with van der Waals surface area (Å²) < 4.78 is 30.9. The van der Waals surface area contributed by atoms with Gasteiger partial charge in [-0.25, -0.2) is 4.79 Å². The Kier molecular flexibility index (Phi) is 19.0. The van der Waals surface area contributed by atoms with Gasteiger partial charge in [0.05, 0.1) is 48.6 Å². The number of methoxy groups -OCH3 is 2. The van der Waals surface area contributed by atoms with Crippen LogP contribution in [0.25, 0.3) is 0 Å². The minimum atomic E-state index is -1.31. The highest BCUT2D eigenvalue weighted by molar-refractivity contribution is 5.87. The lowest BCUT2D eigenvalue weighted by Gasteiger charge is -2.35. The first-order chi connectivity index (χ1) is 21.7. The fraction of sp³-hybridized carbons (Fsp3) is 0.794. The minimum absolute atomic E-state index is 0.0400. The molecule has 4 unspecified atom stereocenters. The zero-order valence-corrected chi connectivity index (χ0v) is 29.9.